The molecule has 0 amide bonds. The van der Waals surface area contributed by atoms with Gasteiger partial charge in [-0.1, -0.05) is 19.9 Å². The predicted molar refractivity (Wildman–Crippen MR) is 63.3 cm³/mol. The topological polar surface area (TPSA) is 29.5 Å². The minimum atomic E-state index is 0.145. The Morgan fingerprint density at radius 3 is 2.81 bits per heavy atom. The molecule has 3 heteroatoms. The van der Waals surface area contributed by atoms with Gasteiger partial charge in [-0.3, -0.25) is 9.69 Å². The summed E-state index contributed by atoms with van der Waals surface area (Å²) in [4.78, 5) is 13.9. The monoisotopic (exact) mass is 223 g/mol. The highest BCUT2D eigenvalue weighted by Gasteiger charge is 2.33. The summed E-state index contributed by atoms with van der Waals surface area (Å²) >= 11 is 0. The first-order chi connectivity index (χ1) is 7.58. The van der Waals surface area contributed by atoms with E-state index in [4.69, 9.17) is 4.74 Å². The van der Waals surface area contributed by atoms with Crippen molar-refractivity contribution in [2.24, 2.45) is 11.3 Å². The fraction of sp³-hybridized carbons (Fsp3) is 0.769. The van der Waals surface area contributed by atoms with E-state index >= 15 is 0 Å². The van der Waals surface area contributed by atoms with Crippen LogP contribution in [0.4, 0.5) is 0 Å². The van der Waals surface area contributed by atoms with Crippen LogP contribution in [0.25, 0.3) is 0 Å². The molecule has 1 aliphatic heterocycles. The smallest absolute Gasteiger partial charge is 0.155 e. The highest BCUT2D eigenvalue weighted by molar-refractivity contribution is 5.90. The van der Waals surface area contributed by atoms with Crippen molar-refractivity contribution in [3.05, 3.63) is 12.2 Å². The third kappa shape index (κ3) is 2.71. The molecule has 2 aliphatic rings. The summed E-state index contributed by atoms with van der Waals surface area (Å²) in [6.07, 6.45) is 4.51. The van der Waals surface area contributed by atoms with Crippen molar-refractivity contribution >= 4 is 5.78 Å². The summed E-state index contributed by atoms with van der Waals surface area (Å²) in [6.45, 7) is 9.14. The number of ether oxygens (including phenoxy) is 1. The van der Waals surface area contributed by atoms with E-state index in [0.29, 0.717) is 12.3 Å². The quantitative estimate of drug-likeness (QED) is 0.710. The average Bonchev–Trinajstić information content (AvgIpc) is 2.26. The van der Waals surface area contributed by atoms with Gasteiger partial charge in [0.05, 0.1) is 13.2 Å². The van der Waals surface area contributed by atoms with Crippen molar-refractivity contribution in [1.82, 2.24) is 4.90 Å². The van der Waals surface area contributed by atoms with Gasteiger partial charge in [0.1, 0.15) is 0 Å². The molecule has 16 heavy (non-hydrogen) atoms. The molecule has 3 nitrogen and oxygen atoms in total. The lowest BCUT2D eigenvalue weighted by atomic mass is 9.72. The largest absolute Gasteiger partial charge is 0.379 e. The number of rotatable bonds is 2. The molecule has 1 unspecified atom stereocenters. The Morgan fingerprint density at radius 1 is 1.44 bits per heavy atom. The Hall–Kier alpha value is -0.670. The van der Waals surface area contributed by atoms with Gasteiger partial charge < -0.3 is 4.74 Å². The van der Waals surface area contributed by atoms with E-state index in [1.807, 2.05) is 0 Å². The van der Waals surface area contributed by atoms with Crippen molar-refractivity contribution in [2.45, 2.75) is 20.3 Å². The second-order valence-corrected chi connectivity index (χ2v) is 5.44. The highest BCUT2D eigenvalue weighted by Crippen LogP contribution is 2.35. The van der Waals surface area contributed by atoms with Crippen LogP contribution in [-0.2, 0) is 9.53 Å². The van der Waals surface area contributed by atoms with Gasteiger partial charge in [-0.15, -0.1) is 0 Å². The van der Waals surface area contributed by atoms with Crippen molar-refractivity contribution in [1.29, 1.82) is 0 Å². The van der Waals surface area contributed by atoms with Gasteiger partial charge in [0, 0.05) is 26.1 Å². The lowest BCUT2D eigenvalue weighted by Gasteiger charge is -2.38. The van der Waals surface area contributed by atoms with Crippen LogP contribution in [0.15, 0.2) is 12.2 Å². The summed E-state index contributed by atoms with van der Waals surface area (Å²) in [5.74, 6) is 0.723. The fourth-order valence-electron chi connectivity index (χ4n) is 2.41. The van der Waals surface area contributed by atoms with Crippen LogP contribution in [0.1, 0.15) is 20.3 Å². The summed E-state index contributed by atoms with van der Waals surface area (Å²) < 4.78 is 5.34. The van der Waals surface area contributed by atoms with Gasteiger partial charge in [-0.2, -0.15) is 0 Å². The van der Waals surface area contributed by atoms with Gasteiger partial charge in [-0.25, -0.2) is 0 Å². The first-order valence-corrected chi connectivity index (χ1v) is 6.10. The van der Waals surface area contributed by atoms with Crippen molar-refractivity contribution in [2.75, 3.05) is 32.8 Å². The summed E-state index contributed by atoms with van der Waals surface area (Å²) in [5, 5.41) is 0. The maximum absolute atomic E-state index is 11.5. The molecule has 0 radical (unpaired) electrons. The Balaban J connectivity index is 1.97. The third-order valence-corrected chi connectivity index (χ3v) is 3.78. The summed E-state index contributed by atoms with van der Waals surface area (Å²) in [6, 6.07) is 0. The number of hydrogen-bond donors (Lipinski definition) is 0. The molecule has 1 heterocycles. The van der Waals surface area contributed by atoms with Crippen molar-refractivity contribution in [3.63, 3.8) is 0 Å². The normalized spacial score (nSPS) is 30.6. The van der Waals surface area contributed by atoms with E-state index in [1.54, 1.807) is 6.08 Å². The molecule has 90 valence electrons. The Labute approximate surface area is 97.5 Å². The Morgan fingerprint density at radius 2 is 2.12 bits per heavy atom. The molecule has 1 atom stereocenters. The van der Waals surface area contributed by atoms with Crippen LogP contribution in [0, 0.1) is 11.3 Å². The molecular weight excluding hydrogens is 202 g/mol. The van der Waals surface area contributed by atoms with Crippen LogP contribution >= 0.6 is 0 Å². The standard InChI is InChI=1S/C13H21NO2/c1-13(2)4-3-12(15)9-11(13)10-14-5-7-16-8-6-14/h3-4,11H,5-10H2,1-2H3. The van der Waals surface area contributed by atoms with Crippen LogP contribution in [0.5, 0.6) is 0 Å². The molecular formula is C13H21NO2. The zero-order valence-electron chi connectivity index (χ0n) is 10.2. The van der Waals surface area contributed by atoms with Gasteiger partial charge >= 0.3 is 0 Å². The highest BCUT2D eigenvalue weighted by atomic mass is 16.5. The minimum absolute atomic E-state index is 0.145. The third-order valence-electron chi connectivity index (χ3n) is 3.78. The number of nitrogens with zero attached hydrogens (tertiary/aromatic N) is 1. The molecule has 0 N–H and O–H groups in total. The van der Waals surface area contributed by atoms with Gasteiger partial charge in [-0.05, 0) is 17.4 Å². The molecule has 0 aromatic heterocycles. The second-order valence-electron chi connectivity index (χ2n) is 5.44. The summed E-state index contributed by atoms with van der Waals surface area (Å²) in [5.41, 5.74) is 0.145. The second kappa shape index (κ2) is 4.68. The zero-order chi connectivity index (χ0) is 11.6. The SMILES string of the molecule is CC1(C)C=CC(=O)CC1CN1CCOCC1. The average molecular weight is 223 g/mol. The van der Waals surface area contributed by atoms with Gasteiger partial charge in [0.25, 0.3) is 0 Å². The Bertz CT molecular complexity index is 290. The number of ketones is 1. The van der Waals surface area contributed by atoms with Crippen molar-refractivity contribution in [3.8, 4) is 0 Å². The van der Waals surface area contributed by atoms with Crippen LogP contribution in [-0.4, -0.2) is 43.5 Å². The molecule has 0 aromatic rings. The molecule has 0 saturated carbocycles. The van der Waals surface area contributed by atoms with Crippen LogP contribution in [0.3, 0.4) is 0 Å². The number of morpholine rings is 1. The van der Waals surface area contributed by atoms with Crippen LogP contribution in [0.2, 0.25) is 0 Å². The maximum atomic E-state index is 11.5. The van der Waals surface area contributed by atoms with E-state index in [1.165, 1.54) is 0 Å². The van der Waals surface area contributed by atoms with Crippen molar-refractivity contribution < 1.29 is 9.53 Å². The fourth-order valence-corrected chi connectivity index (χ4v) is 2.41. The molecule has 2 rings (SSSR count). The first kappa shape index (κ1) is 11.8. The predicted octanol–water partition coefficient (Wildman–Crippen LogP) is 1.49. The lowest BCUT2D eigenvalue weighted by molar-refractivity contribution is -0.117. The number of carbonyl (C=O) groups is 1. The number of carbonyl (C=O) groups excluding carboxylic acids is 1. The van der Waals surface area contributed by atoms with E-state index in [-0.39, 0.29) is 11.2 Å². The van der Waals surface area contributed by atoms with E-state index in [9.17, 15) is 4.79 Å². The first-order valence-electron chi connectivity index (χ1n) is 6.10. The molecule has 0 spiro atoms. The molecule has 1 fully saturated rings. The van der Waals surface area contributed by atoms with Gasteiger partial charge in [0.2, 0.25) is 0 Å². The number of hydrogen-bond acceptors (Lipinski definition) is 3. The van der Waals surface area contributed by atoms with Gasteiger partial charge in [0.15, 0.2) is 5.78 Å². The Kier molecular flexibility index (Phi) is 3.45. The van der Waals surface area contributed by atoms with E-state index in [0.717, 1.165) is 32.8 Å². The van der Waals surface area contributed by atoms with E-state index < -0.39 is 0 Å². The maximum Gasteiger partial charge on any atom is 0.155 e. The lowest BCUT2D eigenvalue weighted by Crippen LogP contribution is -2.43. The molecule has 0 bridgehead atoms. The molecule has 0 aromatic carbocycles. The molecule has 1 aliphatic carbocycles. The zero-order valence-corrected chi connectivity index (χ0v) is 10.2. The molecule has 1 saturated heterocycles. The summed E-state index contributed by atoms with van der Waals surface area (Å²) in [7, 11) is 0. The minimum Gasteiger partial charge on any atom is -0.379 e. The van der Waals surface area contributed by atoms with E-state index in [2.05, 4.69) is 24.8 Å². The van der Waals surface area contributed by atoms with Crippen LogP contribution < -0.4 is 0 Å². The number of allylic oxidation sites excluding steroid dienone is 2.